The van der Waals surface area contributed by atoms with Crippen molar-refractivity contribution in [2.75, 3.05) is 7.11 Å². The highest BCUT2D eigenvalue weighted by atomic mass is 79.9. The third kappa shape index (κ3) is 4.32. The fourth-order valence-corrected chi connectivity index (χ4v) is 1.81. The molecule has 0 N–H and O–H groups in total. The molecule has 1 aromatic heterocycles. The van der Waals surface area contributed by atoms with Crippen LogP contribution in [-0.2, 0) is 9.53 Å². The predicted octanol–water partition coefficient (Wildman–Crippen LogP) is 3.45. The first-order chi connectivity index (χ1) is 10.1. The summed E-state index contributed by atoms with van der Waals surface area (Å²) < 4.78 is 15.4. The van der Waals surface area contributed by atoms with E-state index in [1.165, 1.54) is 43.5 Å². The zero-order valence-electron chi connectivity index (χ0n) is 11.0. The topological polar surface area (TPSA) is 65.7 Å². The molecule has 0 spiro atoms. The van der Waals surface area contributed by atoms with Gasteiger partial charge in [0.05, 0.1) is 12.7 Å². The van der Waals surface area contributed by atoms with E-state index >= 15 is 0 Å². The van der Waals surface area contributed by atoms with Gasteiger partial charge >= 0.3 is 11.9 Å². The van der Waals surface area contributed by atoms with Gasteiger partial charge in [0.15, 0.2) is 4.67 Å². The lowest BCUT2D eigenvalue weighted by Crippen LogP contribution is -2.05. The highest BCUT2D eigenvalue weighted by molar-refractivity contribution is 9.10. The molecule has 0 saturated heterocycles. The molecule has 108 valence electrons. The van der Waals surface area contributed by atoms with E-state index in [0.29, 0.717) is 21.7 Å². The average molecular weight is 351 g/mol. The summed E-state index contributed by atoms with van der Waals surface area (Å²) in [7, 11) is 1.30. The van der Waals surface area contributed by atoms with Crippen LogP contribution in [0.2, 0.25) is 0 Å². The summed E-state index contributed by atoms with van der Waals surface area (Å²) in [6, 6.07) is 9.49. The number of benzene rings is 1. The Balaban J connectivity index is 1.96. The molecular weight excluding hydrogens is 340 g/mol. The van der Waals surface area contributed by atoms with Crippen LogP contribution in [0.5, 0.6) is 5.75 Å². The van der Waals surface area contributed by atoms with Crippen LogP contribution in [0.15, 0.2) is 51.6 Å². The molecule has 0 bridgehead atoms. The molecular formula is C15H11BrO5. The van der Waals surface area contributed by atoms with Crippen molar-refractivity contribution in [3.05, 3.63) is 58.5 Å². The van der Waals surface area contributed by atoms with Gasteiger partial charge in [0.2, 0.25) is 0 Å². The van der Waals surface area contributed by atoms with Crippen LogP contribution in [0.1, 0.15) is 16.1 Å². The standard InChI is InChI=1S/C15H11BrO5/c1-19-15(18)10-2-4-12(5-3-10)21-14(17)9-7-11-6-8-13(16)20-11/h2-9H,1H3. The summed E-state index contributed by atoms with van der Waals surface area (Å²) in [6.07, 6.45) is 2.75. The minimum absolute atomic E-state index is 0.331. The van der Waals surface area contributed by atoms with Crippen molar-refractivity contribution in [2.45, 2.75) is 0 Å². The lowest BCUT2D eigenvalue weighted by Gasteiger charge is -2.02. The molecule has 2 rings (SSSR count). The number of hydrogen-bond acceptors (Lipinski definition) is 5. The van der Waals surface area contributed by atoms with E-state index < -0.39 is 11.9 Å². The zero-order valence-corrected chi connectivity index (χ0v) is 12.6. The minimum Gasteiger partial charge on any atom is -0.465 e. The Morgan fingerprint density at radius 3 is 2.43 bits per heavy atom. The Hall–Kier alpha value is -2.34. The second kappa shape index (κ2) is 6.90. The number of hydrogen-bond donors (Lipinski definition) is 0. The van der Waals surface area contributed by atoms with Crippen molar-refractivity contribution >= 4 is 33.9 Å². The van der Waals surface area contributed by atoms with E-state index in [2.05, 4.69) is 20.7 Å². The molecule has 0 atom stereocenters. The highest BCUT2D eigenvalue weighted by Crippen LogP contribution is 2.16. The Bertz CT molecular complexity index is 670. The molecule has 0 aliphatic carbocycles. The number of ether oxygens (including phenoxy) is 2. The molecule has 1 heterocycles. The maximum Gasteiger partial charge on any atom is 0.337 e. The van der Waals surface area contributed by atoms with Crippen LogP contribution in [-0.4, -0.2) is 19.0 Å². The van der Waals surface area contributed by atoms with E-state index in [4.69, 9.17) is 9.15 Å². The van der Waals surface area contributed by atoms with Crippen molar-refractivity contribution in [1.82, 2.24) is 0 Å². The third-order valence-corrected chi connectivity index (χ3v) is 2.90. The number of carbonyl (C=O) groups is 2. The van der Waals surface area contributed by atoms with Gasteiger partial charge in [0, 0.05) is 6.08 Å². The molecule has 0 amide bonds. The molecule has 2 aromatic rings. The number of carbonyl (C=O) groups excluding carboxylic acids is 2. The summed E-state index contributed by atoms with van der Waals surface area (Å²) in [6.45, 7) is 0. The summed E-state index contributed by atoms with van der Waals surface area (Å²) in [4.78, 5) is 22.9. The van der Waals surface area contributed by atoms with Gasteiger partial charge in [-0.2, -0.15) is 0 Å². The Kier molecular flexibility index (Phi) is 4.94. The van der Waals surface area contributed by atoms with Crippen molar-refractivity contribution in [3.63, 3.8) is 0 Å². The van der Waals surface area contributed by atoms with E-state index in [1.807, 2.05) is 0 Å². The van der Waals surface area contributed by atoms with Gasteiger partial charge in [0.25, 0.3) is 0 Å². The maximum absolute atomic E-state index is 11.6. The molecule has 0 aliphatic rings. The molecule has 0 fully saturated rings. The Labute approximate surface area is 129 Å². The molecule has 0 saturated carbocycles. The smallest absolute Gasteiger partial charge is 0.337 e. The number of esters is 2. The zero-order chi connectivity index (χ0) is 15.2. The van der Waals surface area contributed by atoms with Crippen LogP contribution in [0.25, 0.3) is 6.08 Å². The Morgan fingerprint density at radius 2 is 1.86 bits per heavy atom. The fourth-order valence-electron chi connectivity index (χ4n) is 1.50. The SMILES string of the molecule is COC(=O)c1ccc(OC(=O)C=Cc2ccc(Br)o2)cc1. The van der Waals surface area contributed by atoms with E-state index in [0.717, 1.165) is 0 Å². The van der Waals surface area contributed by atoms with Crippen LogP contribution in [0, 0.1) is 0 Å². The first kappa shape index (κ1) is 15.1. The summed E-state index contributed by atoms with van der Waals surface area (Å²) in [5, 5.41) is 0. The van der Waals surface area contributed by atoms with E-state index in [1.54, 1.807) is 12.1 Å². The lowest BCUT2D eigenvalue weighted by molar-refractivity contribution is -0.128. The van der Waals surface area contributed by atoms with Crippen molar-refractivity contribution < 1.29 is 23.5 Å². The minimum atomic E-state index is -0.548. The largest absolute Gasteiger partial charge is 0.465 e. The Morgan fingerprint density at radius 1 is 1.14 bits per heavy atom. The molecule has 0 unspecified atom stereocenters. The van der Waals surface area contributed by atoms with Gasteiger partial charge in [-0.3, -0.25) is 0 Å². The monoisotopic (exact) mass is 350 g/mol. The second-order valence-electron chi connectivity index (χ2n) is 3.91. The molecule has 6 heteroatoms. The van der Waals surface area contributed by atoms with E-state index in [-0.39, 0.29) is 0 Å². The number of furan rings is 1. The van der Waals surface area contributed by atoms with Crippen LogP contribution in [0.3, 0.4) is 0 Å². The van der Waals surface area contributed by atoms with Crippen molar-refractivity contribution in [1.29, 1.82) is 0 Å². The van der Waals surface area contributed by atoms with Crippen molar-refractivity contribution in [3.8, 4) is 5.75 Å². The fraction of sp³-hybridized carbons (Fsp3) is 0.0667. The maximum atomic E-state index is 11.6. The predicted molar refractivity (Wildman–Crippen MR) is 78.9 cm³/mol. The summed E-state index contributed by atoms with van der Waals surface area (Å²) >= 11 is 3.16. The molecule has 21 heavy (non-hydrogen) atoms. The van der Waals surface area contributed by atoms with Gasteiger partial charge in [0.1, 0.15) is 11.5 Å². The summed E-state index contributed by atoms with van der Waals surface area (Å²) in [5.74, 6) is -0.137. The summed E-state index contributed by atoms with van der Waals surface area (Å²) in [5.41, 5.74) is 0.383. The molecule has 5 nitrogen and oxygen atoms in total. The molecule has 0 aliphatic heterocycles. The van der Waals surface area contributed by atoms with Crippen LogP contribution in [0.4, 0.5) is 0 Å². The lowest BCUT2D eigenvalue weighted by atomic mass is 10.2. The second-order valence-corrected chi connectivity index (χ2v) is 4.69. The molecule has 0 radical (unpaired) electrons. The van der Waals surface area contributed by atoms with Crippen molar-refractivity contribution in [2.24, 2.45) is 0 Å². The van der Waals surface area contributed by atoms with Crippen LogP contribution >= 0.6 is 15.9 Å². The first-order valence-electron chi connectivity index (χ1n) is 5.92. The number of halogens is 1. The average Bonchev–Trinajstić information content (AvgIpc) is 2.91. The van der Waals surface area contributed by atoms with E-state index in [9.17, 15) is 9.59 Å². The third-order valence-electron chi connectivity index (χ3n) is 2.47. The number of rotatable bonds is 4. The van der Waals surface area contributed by atoms with Gasteiger partial charge in [-0.15, -0.1) is 0 Å². The first-order valence-corrected chi connectivity index (χ1v) is 6.71. The van der Waals surface area contributed by atoms with Crippen LogP contribution < -0.4 is 4.74 Å². The molecule has 1 aromatic carbocycles. The van der Waals surface area contributed by atoms with Gasteiger partial charge in [-0.05, 0) is 58.4 Å². The van der Waals surface area contributed by atoms with Gasteiger partial charge in [-0.1, -0.05) is 0 Å². The highest BCUT2D eigenvalue weighted by Gasteiger charge is 2.06. The number of methoxy groups -OCH3 is 1. The van der Waals surface area contributed by atoms with Gasteiger partial charge < -0.3 is 13.9 Å². The quantitative estimate of drug-likeness (QED) is 0.480. The normalized spacial score (nSPS) is 10.6. The van der Waals surface area contributed by atoms with Gasteiger partial charge in [-0.25, -0.2) is 9.59 Å².